The van der Waals surface area contributed by atoms with E-state index in [4.69, 9.17) is 5.26 Å². The van der Waals surface area contributed by atoms with E-state index in [9.17, 15) is 0 Å². The molecule has 0 N–H and O–H groups in total. The number of benzene rings is 3. The molecular formula is C19H11NSe. The third kappa shape index (κ3) is 3.15. The fourth-order valence-electron chi connectivity index (χ4n) is 2.05. The molecule has 1 nitrogen and oxygen atoms in total. The van der Waals surface area contributed by atoms with Crippen molar-refractivity contribution < 1.29 is 0 Å². The van der Waals surface area contributed by atoms with Crippen LogP contribution in [0.2, 0.25) is 0 Å². The normalized spacial score (nSPS) is 9.67. The third-order valence-corrected chi connectivity index (χ3v) is 4.76. The summed E-state index contributed by atoms with van der Waals surface area (Å²) in [5.74, 6) is 3.18. The maximum atomic E-state index is 8.77. The second kappa shape index (κ2) is 6.29. The van der Waals surface area contributed by atoms with Crippen LogP contribution in [-0.2, 0) is 0 Å². The van der Waals surface area contributed by atoms with Crippen LogP contribution >= 0.6 is 0 Å². The Kier molecular flexibility index (Phi) is 4.04. The van der Waals surface area contributed by atoms with E-state index in [-0.39, 0.29) is 15.0 Å². The monoisotopic (exact) mass is 333 g/mol. The molecule has 3 aromatic carbocycles. The molecule has 0 atom stereocenters. The van der Waals surface area contributed by atoms with Crippen LogP contribution < -0.4 is 4.46 Å². The van der Waals surface area contributed by atoms with Crippen molar-refractivity contribution in [3.8, 4) is 16.8 Å². The molecule has 2 heteroatoms. The molecule has 0 fully saturated rings. The Morgan fingerprint density at radius 2 is 1.48 bits per heavy atom. The van der Waals surface area contributed by atoms with Crippen molar-refractivity contribution in [1.29, 1.82) is 5.26 Å². The number of nitriles is 1. The first-order valence-electron chi connectivity index (χ1n) is 6.52. The first-order valence-corrected chi connectivity index (χ1v) is 8.24. The van der Waals surface area contributed by atoms with Crippen LogP contribution in [0.15, 0.2) is 66.7 Å². The van der Waals surface area contributed by atoms with Crippen LogP contribution in [0.4, 0.5) is 0 Å². The fourth-order valence-corrected chi connectivity index (χ4v) is 3.57. The van der Waals surface area contributed by atoms with E-state index >= 15 is 0 Å². The molecule has 0 aliphatic carbocycles. The van der Waals surface area contributed by atoms with Gasteiger partial charge in [-0.1, -0.05) is 0 Å². The summed E-state index contributed by atoms with van der Waals surface area (Å²) < 4.78 is 1.31. The molecule has 0 unspecified atom stereocenters. The molecule has 21 heavy (non-hydrogen) atoms. The number of fused-ring (bicyclic) bond motifs is 1. The summed E-state index contributed by atoms with van der Waals surface area (Å²) in [5, 5.41) is 11.3. The van der Waals surface area contributed by atoms with Gasteiger partial charge in [-0.2, -0.15) is 0 Å². The molecule has 0 spiro atoms. The van der Waals surface area contributed by atoms with Crippen molar-refractivity contribution in [1.82, 2.24) is 0 Å². The summed E-state index contributed by atoms with van der Waals surface area (Å²) in [7, 11) is 0. The van der Waals surface area contributed by atoms with Crippen LogP contribution in [0.3, 0.4) is 0 Å². The van der Waals surface area contributed by atoms with Crippen molar-refractivity contribution in [3.63, 3.8) is 0 Å². The predicted molar refractivity (Wildman–Crippen MR) is 87.4 cm³/mol. The van der Waals surface area contributed by atoms with Crippen LogP contribution in [0.25, 0.3) is 10.8 Å². The van der Waals surface area contributed by atoms with Gasteiger partial charge < -0.3 is 0 Å². The van der Waals surface area contributed by atoms with E-state index in [2.05, 4.69) is 59.3 Å². The topological polar surface area (TPSA) is 23.8 Å². The molecule has 0 aromatic heterocycles. The van der Waals surface area contributed by atoms with E-state index in [1.807, 2.05) is 12.1 Å². The van der Waals surface area contributed by atoms with Gasteiger partial charge in [0.1, 0.15) is 0 Å². The minimum absolute atomic E-state index is 0.120. The molecular weight excluding hydrogens is 321 g/mol. The maximum absolute atomic E-state index is 8.77. The molecule has 0 saturated carbocycles. The van der Waals surface area contributed by atoms with Gasteiger partial charge in [0.15, 0.2) is 0 Å². The van der Waals surface area contributed by atoms with Crippen LogP contribution in [0.5, 0.6) is 0 Å². The van der Waals surface area contributed by atoms with Crippen LogP contribution in [-0.4, -0.2) is 15.0 Å². The van der Waals surface area contributed by atoms with Crippen molar-refractivity contribution in [3.05, 3.63) is 77.9 Å². The Labute approximate surface area is 130 Å². The van der Waals surface area contributed by atoms with Crippen molar-refractivity contribution >= 4 is 30.2 Å². The Morgan fingerprint density at radius 3 is 2.29 bits per heavy atom. The Hall–Kier alpha value is -2.51. The molecule has 0 amide bonds. The van der Waals surface area contributed by atoms with Crippen molar-refractivity contribution in [2.24, 2.45) is 0 Å². The molecule has 3 aromatic rings. The summed E-state index contributed by atoms with van der Waals surface area (Å²) in [6.07, 6.45) is 0. The fraction of sp³-hybridized carbons (Fsp3) is 0. The van der Waals surface area contributed by atoms with E-state index < -0.39 is 0 Å². The Balaban J connectivity index is 1.84. The molecule has 0 heterocycles. The zero-order valence-electron chi connectivity index (χ0n) is 11.2. The van der Waals surface area contributed by atoms with Gasteiger partial charge in [-0.05, 0) is 0 Å². The molecule has 0 radical (unpaired) electrons. The summed E-state index contributed by atoms with van der Waals surface area (Å²) in [5.41, 5.74) is 1.62. The summed E-state index contributed by atoms with van der Waals surface area (Å²) in [6.45, 7) is 0. The van der Waals surface area contributed by atoms with Crippen molar-refractivity contribution in [2.45, 2.75) is 0 Å². The summed E-state index contributed by atoms with van der Waals surface area (Å²) in [4.78, 5) is 3.28. The second-order valence-electron chi connectivity index (χ2n) is 4.50. The molecule has 0 bridgehead atoms. The minimum atomic E-state index is 0.120. The quantitative estimate of drug-likeness (QED) is 0.496. The van der Waals surface area contributed by atoms with Gasteiger partial charge in [0, 0.05) is 0 Å². The first-order chi connectivity index (χ1) is 10.4. The predicted octanol–water partition coefficient (Wildman–Crippen LogP) is 3.05. The first kappa shape index (κ1) is 13.5. The van der Waals surface area contributed by atoms with Gasteiger partial charge in [0.25, 0.3) is 0 Å². The van der Waals surface area contributed by atoms with E-state index in [1.54, 1.807) is 12.1 Å². The summed E-state index contributed by atoms with van der Waals surface area (Å²) >= 11 is 0.120. The van der Waals surface area contributed by atoms with Gasteiger partial charge in [0.05, 0.1) is 0 Å². The summed E-state index contributed by atoms with van der Waals surface area (Å²) in [6, 6.07) is 24.3. The molecule has 0 aliphatic heterocycles. The van der Waals surface area contributed by atoms with Gasteiger partial charge in [0.2, 0.25) is 0 Å². The van der Waals surface area contributed by atoms with E-state index in [0.29, 0.717) is 5.56 Å². The van der Waals surface area contributed by atoms with Gasteiger partial charge in [-0.25, -0.2) is 0 Å². The van der Waals surface area contributed by atoms with E-state index in [1.165, 1.54) is 15.2 Å². The number of nitrogens with zero attached hydrogens (tertiary/aromatic N) is 1. The zero-order chi connectivity index (χ0) is 14.5. The number of hydrogen-bond acceptors (Lipinski definition) is 1. The SMILES string of the molecule is N#Cc1ccc(C#C[Se]c2cccc3ccccc23)cc1. The third-order valence-electron chi connectivity index (χ3n) is 3.12. The second-order valence-corrected chi connectivity index (χ2v) is 6.27. The van der Waals surface area contributed by atoms with E-state index in [0.717, 1.165) is 5.56 Å². The molecule has 3 rings (SSSR count). The average Bonchev–Trinajstić information content (AvgIpc) is 2.56. The molecule has 0 saturated heterocycles. The Bertz CT molecular complexity index is 872. The standard InChI is InChI=1S/C19H11NSe/c20-14-16-10-8-15(9-11-16)12-13-21-19-7-3-5-17-4-1-2-6-18(17)19/h1-11H. The molecule has 98 valence electrons. The van der Waals surface area contributed by atoms with Gasteiger partial charge in [-0.3, -0.25) is 0 Å². The van der Waals surface area contributed by atoms with Crippen LogP contribution in [0.1, 0.15) is 11.1 Å². The van der Waals surface area contributed by atoms with Gasteiger partial charge in [-0.15, -0.1) is 0 Å². The molecule has 0 aliphatic rings. The van der Waals surface area contributed by atoms with Crippen molar-refractivity contribution in [2.75, 3.05) is 0 Å². The zero-order valence-corrected chi connectivity index (χ0v) is 12.9. The van der Waals surface area contributed by atoms with Crippen LogP contribution in [0, 0.1) is 22.1 Å². The number of hydrogen-bond donors (Lipinski definition) is 0. The van der Waals surface area contributed by atoms with Gasteiger partial charge >= 0.3 is 130 Å². The number of rotatable bonds is 1. The Morgan fingerprint density at radius 1 is 0.762 bits per heavy atom. The average molecular weight is 332 g/mol.